The first-order chi connectivity index (χ1) is 14.2. The van der Waals surface area contributed by atoms with Gasteiger partial charge in [0.25, 0.3) is 0 Å². The first kappa shape index (κ1) is 19.1. The maximum atomic E-state index is 13.0. The van der Waals surface area contributed by atoms with Crippen LogP contribution in [-0.2, 0) is 6.54 Å². The third-order valence-electron chi connectivity index (χ3n) is 5.18. The van der Waals surface area contributed by atoms with Crippen molar-refractivity contribution < 1.29 is 18.7 Å². The highest BCUT2D eigenvalue weighted by atomic mass is 16.5. The minimum absolute atomic E-state index is 0.111. The van der Waals surface area contributed by atoms with Crippen molar-refractivity contribution >= 4 is 5.78 Å². The number of methoxy groups -OCH3 is 2. The summed E-state index contributed by atoms with van der Waals surface area (Å²) in [5.41, 5.74) is 1.52. The van der Waals surface area contributed by atoms with Gasteiger partial charge in [-0.25, -0.2) is 0 Å². The minimum Gasteiger partial charge on any atom is -0.497 e. The Morgan fingerprint density at radius 1 is 1.03 bits per heavy atom. The molecule has 0 N–H and O–H groups in total. The average molecular weight is 393 g/mol. The van der Waals surface area contributed by atoms with Gasteiger partial charge in [-0.1, -0.05) is 0 Å². The van der Waals surface area contributed by atoms with Gasteiger partial charge in [-0.15, -0.1) is 10.2 Å². The molecule has 0 saturated carbocycles. The maximum absolute atomic E-state index is 13.0. The SMILES string of the molecule is COc1ccc(C(=O)[C@@H]2CCCN2Cc2nnc(-c3ccc(OC)cc3)o2)cc1. The first-order valence-electron chi connectivity index (χ1n) is 9.57. The normalized spacial score (nSPS) is 16.7. The number of nitrogens with zero attached hydrogens (tertiary/aromatic N) is 3. The fraction of sp³-hybridized carbons (Fsp3) is 0.318. The van der Waals surface area contributed by atoms with E-state index in [0.29, 0.717) is 23.9 Å². The van der Waals surface area contributed by atoms with Crippen LogP contribution in [0.25, 0.3) is 11.5 Å². The third-order valence-corrected chi connectivity index (χ3v) is 5.18. The summed E-state index contributed by atoms with van der Waals surface area (Å²) >= 11 is 0. The highest BCUT2D eigenvalue weighted by molar-refractivity contribution is 6.00. The quantitative estimate of drug-likeness (QED) is 0.568. The Hall–Kier alpha value is -3.19. The molecule has 2 heterocycles. The summed E-state index contributed by atoms with van der Waals surface area (Å²) in [6.07, 6.45) is 1.79. The summed E-state index contributed by atoms with van der Waals surface area (Å²) in [6, 6.07) is 14.5. The Bertz CT molecular complexity index is 966. The molecular formula is C22H23N3O4. The molecule has 7 heteroatoms. The molecule has 3 aromatic rings. The standard InChI is InChI=1S/C22H23N3O4/c1-27-17-9-5-15(6-10-17)21(26)19-4-3-13-25(19)14-20-23-24-22(29-20)16-7-11-18(28-2)12-8-16/h5-12,19H,3-4,13-14H2,1-2H3/t19-/m0/s1. The van der Waals surface area contributed by atoms with Crippen LogP contribution < -0.4 is 9.47 Å². The van der Waals surface area contributed by atoms with Gasteiger partial charge in [-0.05, 0) is 67.9 Å². The van der Waals surface area contributed by atoms with Crippen molar-refractivity contribution in [3.8, 4) is 23.0 Å². The molecule has 4 rings (SSSR count). The molecule has 1 aromatic heterocycles. The molecule has 1 aliphatic rings. The lowest BCUT2D eigenvalue weighted by Gasteiger charge is -2.21. The second-order valence-corrected chi connectivity index (χ2v) is 6.95. The van der Waals surface area contributed by atoms with Gasteiger partial charge in [-0.2, -0.15) is 0 Å². The average Bonchev–Trinajstić information content (AvgIpc) is 3.43. The highest BCUT2D eigenvalue weighted by Crippen LogP contribution is 2.26. The van der Waals surface area contributed by atoms with E-state index >= 15 is 0 Å². The van der Waals surface area contributed by atoms with Gasteiger partial charge in [0, 0.05) is 11.1 Å². The molecule has 0 amide bonds. The molecule has 0 spiro atoms. The van der Waals surface area contributed by atoms with Crippen LogP contribution >= 0.6 is 0 Å². The van der Waals surface area contributed by atoms with Gasteiger partial charge in [0.05, 0.1) is 26.8 Å². The summed E-state index contributed by atoms with van der Waals surface area (Å²) in [5, 5.41) is 8.32. The fourth-order valence-corrected chi connectivity index (χ4v) is 3.60. The van der Waals surface area contributed by atoms with Crippen LogP contribution in [0.1, 0.15) is 29.1 Å². The third kappa shape index (κ3) is 4.14. The largest absolute Gasteiger partial charge is 0.497 e. The molecule has 0 bridgehead atoms. The second kappa shape index (κ2) is 8.45. The van der Waals surface area contributed by atoms with Crippen LogP contribution in [0.2, 0.25) is 0 Å². The van der Waals surface area contributed by atoms with E-state index in [2.05, 4.69) is 15.1 Å². The van der Waals surface area contributed by atoms with Crippen LogP contribution in [0.5, 0.6) is 11.5 Å². The summed E-state index contributed by atoms with van der Waals surface area (Å²) in [5.74, 6) is 2.58. The van der Waals surface area contributed by atoms with Crippen molar-refractivity contribution in [2.24, 2.45) is 0 Å². The Kier molecular flexibility index (Phi) is 5.57. The van der Waals surface area contributed by atoms with Crippen molar-refractivity contribution in [1.29, 1.82) is 0 Å². The summed E-state index contributed by atoms with van der Waals surface area (Å²) < 4.78 is 16.2. The molecule has 29 heavy (non-hydrogen) atoms. The predicted octanol–water partition coefficient (Wildman–Crippen LogP) is 3.60. The molecule has 2 aromatic carbocycles. The maximum Gasteiger partial charge on any atom is 0.247 e. The van der Waals surface area contributed by atoms with Gasteiger partial charge in [-0.3, -0.25) is 9.69 Å². The van der Waals surface area contributed by atoms with Gasteiger partial charge < -0.3 is 13.9 Å². The number of carbonyl (C=O) groups is 1. The van der Waals surface area contributed by atoms with E-state index in [0.717, 1.165) is 36.4 Å². The summed E-state index contributed by atoms with van der Waals surface area (Å²) in [4.78, 5) is 15.1. The number of hydrogen-bond donors (Lipinski definition) is 0. The Morgan fingerprint density at radius 2 is 1.69 bits per heavy atom. The van der Waals surface area contributed by atoms with Crippen molar-refractivity contribution in [3.63, 3.8) is 0 Å². The van der Waals surface area contributed by atoms with Crippen molar-refractivity contribution in [2.75, 3.05) is 20.8 Å². The van der Waals surface area contributed by atoms with Gasteiger partial charge >= 0.3 is 0 Å². The molecule has 0 radical (unpaired) electrons. The van der Waals surface area contributed by atoms with Gasteiger partial charge in [0.1, 0.15) is 11.5 Å². The number of aromatic nitrogens is 2. The summed E-state index contributed by atoms with van der Waals surface area (Å²) in [6.45, 7) is 1.28. The van der Waals surface area contributed by atoms with E-state index in [4.69, 9.17) is 13.9 Å². The molecule has 150 valence electrons. The zero-order chi connectivity index (χ0) is 20.2. The van der Waals surface area contributed by atoms with E-state index < -0.39 is 0 Å². The van der Waals surface area contributed by atoms with Crippen molar-refractivity contribution in [2.45, 2.75) is 25.4 Å². The van der Waals surface area contributed by atoms with E-state index in [1.54, 1.807) is 14.2 Å². The van der Waals surface area contributed by atoms with E-state index in [-0.39, 0.29) is 11.8 Å². The monoisotopic (exact) mass is 393 g/mol. The molecule has 1 aliphatic heterocycles. The highest BCUT2D eigenvalue weighted by Gasteiger charge is 2.32. The lowest BCUT2D eigenvalue weighted by Crippen LogP contribution is -2.35. The molecule has 1 saturated heterocycles. The zero-order valence-electron chi connectivity index (χ0n) is 16.5. The fourth-order valence-electron chi connectivity index (χ4n) is 3.60. The number of benzene rings is 2. The van der Waals surface area contributed by atoms with Crippen LogP contribution in [-0.4, -0.2) is 47.7 Å². The van der Waals surface area contributed by atoms with E-state index in [1.807, 2.05) is 48.5 Å². The molecule has 0 unspecified atom stereocenters. The van der Waals surface area contributed by atoms with Gasteiger partial charge in [0.2, 0.25) is 11.8 Å². The number of hydrogen-bond acceptors (Lipinski definition) is 7. The molecule has 7 nitrogen and oxygen atoms in total. The Balaban J connectivity index is 1.45. The molecule has 0 aliphatic carbocycles. The van der Waals surface area contributed by atoms with E-state index in [9.17, 15) is 4.79 Å². The molecule has 1 fully saturated rings. The second-order valence-electron chi connectivity index (χ2n) is 6.95. The number of ether oxygens (including phenoxy) is 2. The number of Topliss-reactive ketones (excluding diaryl/α,β-unsaturated/α-hetero) is 1. The van der Waals surface area contributed by atoms with Crippen LogP contribution in [0.15, 0.2) is 52.9 Å². The number of carbonyl (C=O) groups excluding carboxylic acids is 1. The minimum atomic E-state index is -0.181. The van der Waals surface area contributed by atoms with Crippen LogP contribution in [0.3, 0.4) is 0 Å². The lowest BCUT2D eigenvalue weighted by molar-refractivity contribution is 0.0853. The number of rotatable bonds is 7. The van der Waals surface area contributed by atoms with Crippen LogP contribution in [0, 0.1) is 0 Å². The molecular weight excluding hydrogens is 370 g/mol. The number of ketones is 1. The predicted molar refractivity (Wildman–Crippen MR) is 107 cm³/mol. The van der Waals surface area contributed by atoms with Crippen molar-refractivity contribution in [3.05, 3.63) is 60.0 Å². The Labute approximate surface area is 169 Å². The Morgan fingerprint density at radius 3 is 2.34 bits per heavy atom. The lowest BCUT2D eigenvalue weighted by atomic mass is 10.0. The van der Waals surface area contributed by atoms with E-state index in [1.165, 1.54) is 0 Å². The number of likely N-dealkylation sites (tertiary alicyclic amines) is 1. The zero-order valence-corrected chi connectivity index (χ0v) is 16.5. The van der Waals surface area contributed by atoms with Gasteiger partial charge in [0.15, 0.2) is 5.78 Å². The van der Waals surface area contributed by atoms with Crippen molar-refractivity contribution in [1.82, 2.24) is 15.1 Å². The molecule has 1 atom stereocenters. The van der Waals surface area contributed by atoms with Crippen LogP contribution in [0.4, 0.5) is 0 Å². The summed E-state index contributed by atoms with van der Waals surface area (Å²) in [7, 11) is 3.24. The smallest absolute Gasteiger partial charge is 0.247 e. The first-order valence-corrected chi connectivity index (χ1v) is 9.57. The topological polar surface area (TPSA) is 77.7 Å².